The van der Waals surface area contributed by atoms with Crippen molar-refractivity contribution in [3.63, 3.8) is 0 Å². The van der Waals surface area contributed by atoms with Gasteiger partial charge in [0.1, 0.15) is 17.4 Å². The minimum absolute atomic E-state index is 0.133. The number of hydrogen-bond donors (Lipinski definition) is 1. The number of aliphatic hydroxyl groups excluding tert-OH is 1. The lowest BCUT2D eigenvalue weighted by molar-refractivity contribution is -0.224. The van der Waals surface area contributed by atoms with Crippen LogP contribution in [0, 0.1) is 11.6 Å². The molecule has 0 amide bonds. The second-order valence-corrected chi connectivity index (χ2v) is 6.55. The number of benzene rings is 2. The molecule has 3 aromatic rings. The Hall–Kier alpha value is -2.58. The van der Waals surface area contributed by atoms with Crippen LogP contribution in [-0.4, -0.2) is 11.2 Å². The molecule has 0 unspecified atom stereocenters. The van der Waals surface area contributed by atoms with Gasteiger partial charge < -0.3 is 14.6 Å². The Kier molecular flexibility index (Phi) is 3.89. The summed E-state index contributed by atoms with van der Waals surface area (Å²) in [5.41, 5.74) is 0.240. The smallest absolute Gasteiger partial charge is 0.429 e. The van der Waals surface area contributed by atoms with Crippen LogP contribution >= 0.6 is 11.3 Å². The SMILES string of the molecule is O[C@H]1c2c(-c3cccs3)ccc(Oc3cc(F)cc(F)c3)c2OC1(F)F. The summed E-state index contributed by atoms with van der Waals surface area (Å²) in [6.07, 6.45) is -6.04. The topological polar surface area (TPSA) is 38.7 Å². The summed E-state index contributed by atoms with van der Waals surface area (Å²) in [6, 6.07) is 8.77. The predicted octanol–water partition coefficient (Wildman–Crippen LogP) is 5.50. The number of aliphatic hydroxyl groups is 1. The summed E-state index contributed by atoms with van der Waals surface area (Å²) in [6.45, 7) is 0. The standard InChI is InChI=1S/C18H10F4O3S/c19-9-6-10(20)8-11(7-9)24-13-4-3-12(14-2-1-5-26-14)15-16(13)25-18(21,22)17(15)23/h1-8,17,23H/t17-/m0/s1. The minimum Gasteiger partial charge on any atom is -0.453 e. The summed E-state index contributed by atoms with van der Waals surface area (Å²) < 4.78 is 64.5. The van der Waals surface area contributed by atoms with E-state index < -0.39 is 23.8 Å². The second kappa shape index (κ2) is 6.00. The second-order valence-electron chi connectivity index (χ2n) is 5.60. The summed E-state index contributed by atoms with van der Waals surface area (Å²) in [5, 5.41) is 11.8. The van der Waals surface area contributed by atoms with Crippen LogP contribution in [0.2, 0.25) is 0 Å². The van der Waals surface area contributed by atoms with E-state index in [1.807, 2.05) is 0 Å². The average Bonchev–Trinajstić information content (AvgIpc) is 3.15. The maximum Gasteiger partial charge on any atom is 0.429 e. The minimum atomic E-state index is -3.85. The molecule has 0 bridgehead atoms. The Morgan fingerprint density at radius 3 is 2.46 bits per heavy atom. The van der Waals surface area contributed by atoms with Crippen molar-refractivity contribution in [3.8, 4) is 27.7 Å². The van der Waals surface area contributed by atoms with Gasteiger partial charge >= 0.3 is 6.11 Å². The lowest BCUT2D eigenvalue weighted by Gasteiger charge is -2.12. The van der Waals surface area contributed by atoms with Crippen molar-refractivity contribution in [1.82, 2.24) is 0 Å². The Balaban J connectivity index is 1.83. The fourth-order valence-corrected chi connectivity index (χ4v) is 3.52. The maximum absolute atomic E-state index is 14.0. The van der Waals surface area contributed by atoms with Crippen LogP contribution in [-0.2, 0) is 0 Å². The molecule has 134 valence electrons. The molecule has 1 atom stereocenters. The molecular formula is C18H10F4O3S. The molecule has 8 heteroatoms. The molecule has 2 heterocycles. The van der Waals surface area contributed by atoms with E-state index >= 15 is 0 Å². The molecule has 0 spiro atoms. The van der Waals surface area contributed by atoms with Gasteiger partial charge in [-0.3, -0.25) is 0 Å². The Labute approximate surface area is 149 Å². The summed E-state index contributed by atoms with van der Waals surface area (Å²) >= 11 is 1.31. The van der Waals surface area contributed by atoms with E-state index in [1.165, 1.54) is 23.5 Å². The quantitative estimate of drug-likeness (QED) is 0.608. The van der Waals surface area contributed by atoms with Crippen LogP contribution in [0.3, 0.4) is 0 Å². The van der Waals surface area contributed by atoms with E-state index in [4.69, 9.17) is 4.74 Å². The van der Waals surface area contributed by atoms with E-state index in [0.29, 0.717) is 16.5 Å². The third kappa shape index (κ3) is 2.81. The largest absolute Gasteiger partial charge is 0.453 e. The molecule has 1 N–H and O–H groups in total. The summed E-state index contributed by atoms with van der Waals surface area (Å²) in [4.78, 5) is 0.657. The number of ether oxygens (including phenoxy) is 2. The molecule has 1 aromatic heterocycles. The van der Waals surface area contributed by atoms with Gasteiger partial charge in [-0.05, 0) is 23.6 Å². The van der Waals surface area contributed by atoms with Crippen LogP contribution in [0.25, 0.3) is 10.4 Å². The molecule has 0 saturated carbocycles. The molecule has 0 saturated heterocycles. The van der Waals surface area contributed by atoms with Crippen LogP contribution in [0.4, 0.5) is 17.6 Å². The Bertz CT molecular complexity index is 953. The fourth-order valence-electron chi connectivity index (χ4n) is 2.76. The molecule has 2 aromatic carbocycles. The normalized spacial score (nSPS) is 17.7. The van der Waals surface area contributed by atoms with Crippen molar-refractivity contribution in [1.29, 1.82) is 0 Å². The maximum atomic E-state index is 14.0. The molecule has 0 fully saturated rings. The lowest BCUT2D eigenvalue weighted by Crippen LogP contribution is -2.26. The van der Waals surface area contributed by atoms with Crippen molar-refractivity contribution < 1.29 is 32.1 Å². The molecule has 3 nitrogen and oxygen atoms in total. The molecule has 1 aliphatic rings. The number of hydrogen-bond acceptors (Lipinski definition) is 4. The van der Waals surface area contributed by atoms with Crippen molar-refractivity contribution >= 4 is 11.3 Å². The van der Waals surface area contributed by atoms with Crippen molar-refractivity contribution in [2.24, 2.45) is 0 Å². The molecule has 4 rings (SSSR count). The van der Waals surface area contributed by atoms with E-state index in [9.17, 15) is 22.7 Å². The monoisotopic (exact) mass is 382 g/mol. The van der Waals surface area contributed by atoms with Gasteiger partial charge in [0.25, 0.3) is 0 Å². The van der Waals surface area contributed by atoms with Gasteiger partial charge in [0.05, 0.1) is 0 Å². The third-order valence-electron chi connectivity index (χ3n) is 3.84. The highest BCUT2D eigenvalue weighted by atomic mass is 32.1. The first-order valence-corrected chi connectivity index (χ1v) is 8.33. The number of thiophene rings is 1. The molecule has 1 aliphatic heterocycles. The lowest BCUT2D eigenvalue weighted by atomic mass is 10.0. The van der Waals surface area contributed by atoms with Crippen molar-refractivity contribution in [3.05, 3.63) is 65.0 Å². The van der Waals surface area contributed by atoms with E-state index in [1.54, 1.807) is 17.5 Å². The molecule has 0 aliphatic carbocycles. The highest BCUT2D eigenvalue weighted by Crippen LogP contribution is 2.54. The van der Waals surface area contributed by atoms with Gasteiger partial charge in [0, 0.05) is 34.2 Å². The zero-order valence-corrected chi connectivity index (χ0v) is 13.7. The third-order valence-corrected chi connectivity index (χ3v) is 4.74. The van der Waals surface area contributed by atoms with Crippen LogP contribution in [0.1, 0.15) is 11.7 Å². The fraction of sp³-hybridized carbons (Fsp3) is 0.111. The summed E-state index contributed by atoms with van der Waals surface area (Å²) in [5.74, 6) is -2.52. The molecule has 0 radical (unpaired) electrons. The average molecular weight is 382 g/mol. The Morgan fingerprint density at radius 1 is 1.08 bits per heavy atom. The summed E-state index contributed by atoms with van der Waals surface area (Å²) in [7, 11) is 0. The van der Waals surface area contributed by atoms with E-state index in [2.05, 4.69) is 4.74 Å². The van der Waals surface area contributed by atoms with Crippen molar-refractivity contribution in [2.45, 2.75) is 12.2 Å². The van der Waals surface area contributed by atoms with Gasteiger partial charge in [-0.25, -0.2) is 8.78 Å². The van der Waals surface area contributed by atoms with Crippen LogP contribution in [0.5, 0.6) is 17.2 Å². The zero-order chi connectivity index (χ0) is 18.5. The van der Waals surface area contributed by atoms with Gasteiger partial charge in [0.2, 0.25) is 0 Å². The first-order valence-electron chi connectivity index (χ1n) is 7.45. The van der Waals surface area contributed by atoms with Gasteiger partial charge in [-0.15, -0.1) is 11.3 Å². The zero-order valence-electron chi connectivity index (χ0n) is 12.9. The van der Waals surface area contributed by atoms with Crippen LogP contribution in [0.15, 0.2) is 47.8 Å². The number of alkyl halides is 2. The highest BCUT2D eigenvalue weighted by molar-refractivity contribution is 7.13. The number of rotatable bonds is 3. The highest BCUT2D eigenvalue weighted by Gasteiger charge is 2.52. The first kappa shape index (κ1) is 16.9. The van der Waals surface area contributed by atoms with Gasteiger partial charge in [-0.2, -0.15) is 8.78 Å². The van der Waals surface area contributed by atoms with Gasteiger partial charge in [-0.1, -0.05) is 6.07 Å². The van der Waals surface area contributed by atoms with E-state index in [0.717, 1.165) is 12.1 Å². The predicted molar refractivity (Wildman–Crippen MR) is 86.7 cm³/mol. The number of halogens is 4. The van der Waals surface area contributed by atoms with Crippen LogP contribution < -0.4 is 9.47 Å². The Morgan fingerprint density at radius 2 is 1.81 bits per heavy atom. The number of fused-ring (bicyclic) bond motifs is 1. The van der Waals surface area contributed by atoms with E-state index in [-0.39, 0.29) is 22.8 Å². The molecule has 26 heavy (non-hydrogen) atoms. The first-order chi connectivity index (χ1) is 12.3. The molecular weight excluding hydrogens is 372 g/mol. The van der Waals surface area contributed by atoms with Gasteiger partial charge in [0.15, 0.2) is 17.6 Å². The van der Waals surface area contributed by atoms with Crippen molar-refractivity contribution in [2.75, 3.05) is 0 Å².